The summed E-state index contributed by atoms with van der Waals surface area (Å²) >= 11 is 0. The van der Waals surface area contributed by atoms with E-state index in [4.69, 9.17) is 19.9 Å². The van der Waals surface area contributed by atoms with Gasteiger partial charge in [0.25, 0.3) is 0 Å². The van der Waals surface area contributed by atoms with Gasteiger partial charge in [-0.1, -0.05) is 0 Å². The molecule has 2 rings (SSSR count). The molecule has 23 heavy (non-hydrogen) atoms. The molecule has 0 aromatic carbocycles. The van der Waals surface area contributed by atoms with E-state index < -0.39 is 53.8 Å². The first kappa shape index (κ1) is 16.9. The van der Waals surface area contributed by atoms with Gasteiger partial charge >= 0.3 is 17.6 Å². The highest BCUT2D eigenvalue weighted by Gasteiger charge is 2.48. The number of carbonyl (C=O) groups is 2. The van der Waals surface area contributed by atoms with E-state index in [9.17, 15) is 18.8 Å². The third-order valence-electron chi connectivity index (χ3n) is 3.23. The van der Waals surface area contributed by atoms with Crippen molar-refractivity contribution in [3.63, 3.8) is 0 Å². The van der Waals surface area contributed by atoms with Gasteiger partial charge in [-0.2, -0.15) is 4.98 Å². The molecule has 2 unspecified atom stereocenters. The molecule has 0 radical (unpaired) electrons. The van der Waals surface area contributed by atoms with Crippen LogP contribution in [0.2, 0.25) is 0 Å². The van der Waals surface area contributed by atoms with E-state index in [0.29, 0.717) is 0 Å². The summed E-state index contributed by atoms with van der Waals surface area (Å²) in [4.78, 5) is 37.8. The summed E-state index contributed by atoms with van der Waals surface area (Å²) in [6.45, 7) is 3.90. The highest BCUT2D eigenvalue weighted by molar-refractivity contribution is 5.67. The van der Waals surface area contributed by atoms with Crippen molar-refractivity contribution in [3.05, 3.63) is 22.5 Å². The van der Waals surface area contributed by atoms with Gasteiger partial charge in [-0.05, 0) is 6.92 Å². The Morgan fingerprint density at radius 1 is 1.30 bits per heavy atom. The molecule has 0 aliphatic carbocycles. The standard InChI is InChI=1S/C13H16FN3O6/c1-5-9(22-6(2)18)10(23-7(3)19)12(21-5)17-4-8(14)11(15)16-13(17)20/h4-5,9-10,12H,1-3H3,(H2,15,16,20)/t5?,9-,10-,12?/m1/s1. The van der Waals surface area contributed by atoms with Gasteiger partial charge in [0.2, 0.25) is 0 Å². The highest BCUT2D eigenvalue weighted by atomic mass is 19.1. The van der Waals surface area contributed by atoms with Crippen molar-refractivity contribution in [2.24, 2.45) is 0 Å². The van der Waals surface area contributed by atoms with E-state index in [1.54, 1.807) is 6.92 Å². The van der Waals surface area contributed by atoms with Gasteiger partial charge < -0.3 is 19.9 Å². The molecule has 0 amide bonds. The first-order chi connectivity index (χ1) is 10.7. The topological polar surface area (TPSA) is 123 Å². The fraction of sp³-hybridized carbons (Fsp3) is 0.538. The van der Waals surface area contributed by atoms with Gasteiger partial charge in [-0.3, -0.25) is 14.2 Å². The third-order valence-corrected chi connectivity index (χ3v) is 3.23. The molecule has 2 heterocycles. The number of nitrogens with two attached hydrogens (primary N) is 1. The molecule has 1 aromatic heterocycles. The van der Waals surface area contributed by atoms with Crippen LogP contribution < -0.4 is 11.4 Å². The zero-order valence-electron chi connectivity index (χ0n) is 12.7. The van der Waals surface area contributed by atoms with Gasteiger partial charge in [0.1, 0.15) is 0 Å². The van der Waals surface area contributed by atoms with Gasteiger partial charge in [0.05, 0.1) is 12.3 Å². The molecule has 0 bridgehead atoms. The minimum atomic E-state index is -1.20. The van der Waals surface area contributed by atoms with Crippen LogP contribution in [0.1, 0.15) is 27.0 Å². The first-order valence-electron chi connectivity index (χ1n) is 6.74. The Balaban J connectivity index is 2.43. The van der Waals surface area contributed by atoms with Gasteiger partial charge in [0, 0.05) is 13.8 Å². The Hall–Kier alpha value is -2.49. The van der Waals surface area contributed by atoms with Crippen LogP contribution in [0.25, 0.3) is 0 Å². The number of carbonyl (C=O) groups excluding carboxylic acids is 2. The second-order valence-corrected chi connectivity index (χ2v) is 5.04. The van der Waals surface area contributed by atoms with Crippen molar-refractivity contribution in [2.75, 3.05) is 5.73 Å². The maximum Gasteiger partial charge on any atom is 0.351 e. The van der Waals surface area contributed by atoms with E-state index in [1.165, 1.54) is 6.92 Å². The molecule has 2 N–H and O–H groups in total. The zero-order chi connectivity index (χ0) is 17.3. The van der Waals surface area contributed by atoms with Gasteiger partial charge in [-0.15, -0.1) is 0 Å². The molecular weight excluding hydrogens is 313 g/mol. The summed E-state index contributed by atoms with van der Waals surface area (Å²) in [5.41, 5.74) is 4.34. The number of ether oxygens (including phenoxy) is 3. The van der Waals surface area contributed by atoms with Gasteiger partial charge in [-0.25, -0.2) is 9.18 Å². The smallest absolute Gasteiger partial charge is 0.351 e. The lowest BCUT2D eigenvalue weighted by atomic mass is 10.1. The number of anilines is 1. The molecule has 1 aromatic rings. The number of aromatic nitrogens is 2. The lowest BCUT2D eigenvalue weighted by molar-refractivity contribution is -0.165. The summed E-state index contributed by atoms with van der Waals surface area (Å²) < 4.78 is 30.1. The molecule has 1 fully saturated rings. The zero-order valence-corrected chi connectivity index (χ0v) is 12.7. The van der Waals surface area contributed by atoms with Crippen LogP contribution in [-0.4, -0.2) is 39.8 Å². The number of halogens is 1. The van der Waals surface area contributed by atoms with Crippen LogP contribution in [0, 0.1) is 5.82 Å². The average Bonchev–Trinajstić information content (AvgIpc) is 2.70. The number of esters is 2. The molecule has 4 atom stereocenters. The molecule has 0 spiro atoms. The maximum absolute atomic E-state index is 13.6. The summed E-state index contributed by atoms with van der Waals surface area (Å²) in [6.07, 6.45) is -3.17. The van der Waals surface area contributed by atoms with E-state index in [2.05, 4.69) is 4.98 Å². The van der Waals surface area contributed by atoms with E-state index in [1.807, 2.05) is 0 Å². The quantitative estimate of drug-likeness (QED) is 0.753. The van der Waals surface area contributed by atoms with Crippen molar-refractivity contribution in [3.8, 4) is 0 Å². The lowest BCUT2D eigenvalue weighted by Crippen LogP contribution is -2.40. The number of hydrogen-bond acceptors (Lipinski definition) is 8. The van der Waals surface area contributed by atoms with Crippen molar-refractivity contribution in [1.82, 2.24) is 9.55 Å². The van der Waals surface area contributed by atoms with Crippen LogP contribution in [-0.2, 0) is 23.8 Å². The SMILES string of the molecule is CC(=O)O[C@@H]1C(C)OC(n2cc(F)c(N)nc2=O)[C@@H]1OC(C)=O. The van der Waals surface area contributed by atoms with Crippen LogP contribution in [0.5, 0.6) is 0 Å². The van der Waals surface area contributed by atoms with Crippen molar-refractivity contribution >= 4 is 17.8 Å². The Kier molecular flexibility index (Phi) is 4.64. The number of hydrogen-bond donors (Lipinski definition) is 1. The van der Waals surface area contributed by atoms with Crippen molar-refractivity contribution < 1.29 is 28.2 Å². The number of rotatable bonds is 3. The van der Waals surface area contributed by atoms with E-state index in [-0.39, 0.29) is 0 Å². The van der Waals surface area contributed by atoms with Gasteiger partial charge in [0.15, 0.2) is 30.1 Å². The predicted molar refractivity (Wildman–Crippen MR) is 73.6 cm³/mol. The molecule has 1 aliphatic rings. The predicted octanol–water partition coefficient (Wildman–Crippen LogP) is -0.255. The molecule has 1 saturated heterocycles. The Morgan fingerprint density at radius 3 is 2.43 bits per heavy atom. The Bertz CT molecular complexity index is 691. The van der Waals surface area contributed by atoms with Crippen LogP contribution in [0.3, 0.4) is 0 Å². The second kappa shape index (κ2) is 6.32. The summed E-state index contributed by atoms with van der Waals surface area (Å²) in [5.74, 6) is -2.78. The molecule has 0 saturated carbocycles. The molecule has 126 valence electrons. The third kappa shape index (κ3) is 3.47. The number of nitrogens with zero attached hydrogens (tertiary/aromatic N) is 2. The van der Waals surface area contributed by atoms with E-state index in [0.717, 1.165) is 17.7 Å². The lowest BCUT2D eigenvalue weighted by Gasteiger charge is -2.23. The Morgan fingerprint density at radius 2 is 1.87 bits per heavy atom. The van der Waals surface area contributed by atoms with Crippen LogP contribution in [0.4, 0.5) is 10.2 Å². The largest absolute Gasteiger partial charge is 0.456 e. The van der Waals surface area contributed by atoms with Crippen molar-refractivity contribution in [1.29, 1.82) is 0 Å². The van der Waals surface area contributed by atoms with Crippen LogP contribution >= 0.6 is 0 Å². The molecular formula is C13H16FN3O6. The highest BCUT2D eigenvalue weighted by Crippen LogP contribution is 2.33. The minimum absolute atomic E-state index is 0.558. The monoisotopic (exact) mass is 329 g/mol. The molecule has 1 aliphatic heterocycles. The first-order valence-corrected chi connectivity index (χ1v) is 6.74. The molecule has 9 nitrogen and oxygen atoms in total. The fourth-order valence-electron chi connectivity index (χ4n) is 2.34. The molecule has 10 heteroatoms. The van der Waals surface area contributed by atoms with Crippen LogP contribution in [0.15, 0.2) is 11.0 Å². The summed E-state index contributed by atoms with van der Waals surface area (Å²) in [5, 5.41) is 0. The Labute approximate surface area is 130 Å². The minimum Gasteiger partial charge on any atom is -0.456 e. The maximum atomic E-state index is 13.6. The summed E-state index contributed by atoms with van der Waals surface area (Å²) in [6, 6.07) is 0. The number of nitrogen functional groups attached to an aromatic ring is 1. The fourth-order valence-corrected chi connectivity index (χ4v) is 2.34. The summed E-state index contributed by atoms with van der Waals surface area (Å²) in [7, 11) is 0. The van der Waals surface area contributed by atoms with E-state index >= 15 is 0 Å². The van der Waals surface area contributed by atoms with Crippen molar-refractivity contribution in [2.45, 2.75) is 45.3 Å². The average molecular weight is 329 g/mol. The second-order valence-electron chi connectivity index (χ2n) is 5.04. The normalized spacial score (nSPS) is 26.8.